The molecule has 0 amide bonds. The fraction of sp³-hybridized carbons (Fsp3) is 0.250. The average molecular weight is 148 g/mol. The van der Waals surface area contributed by atoms with Crippen LogP contribution in [0.15, 0.2) is 12.4 Å². The molecule has 0 saturated carbocycles. The van der Waals surface area contributed by atoms with Gasteiger partial charge in [-0.1, -0.05) is 5.92 Å². The van der Waals surface area contributed by atoms with Crippen molar-refractivity contribution in [3.05, 3.63) is 18.0 Å². The van der Waals surface area contributed by atoms with E-state index in [0.717, 1.165) is 12.1 Å². The summed E-state index contributed by atoms with van der Waals surface area (Å²) in [5.74, 6) is 4.97. The molecule has 0 aliphatic rings. The number of aldehydes is 1. The highest BCUT2D eigenvalue weighted by molar-refractivity contribution is 5.73. The van der Waals surface area contributed by atoms with Gasteiger partial charge in [0.1, 0.15) is 0 Å². The second-order valence-corrected chi connectivity index (χ2v) is 1.97. The standard InChI is InChI=1S/C8H8N2O/c1-2-10-7-8(6-9-10)4-3-5-11/h5-7H,2H2,1H3. The molecule has 0 atom stereocenters. The van der Waals surface area contributed by atoms with Crippen LogP contribution in [0.4, 0.5) is 0 Å². The Balaban J connectivity index is 2.80. The Morgan fingerprint density at radius 1 is 1.82 bits per heavy atom. The number of hydrogen-bond acceptors (Lipinski definition) is 2. The number of carbonyl (C=O) groups excluding carboxylic acids is 1. The molecule has 0 N–H and O–H groups in total. The molecular weight excluding hydrogens is 140 g/mol. The fourth-order valence-corrected chi connectivity index (χ4v) is 0.714. The van der Waals surface area contributed by atoms with Crippen molar-refractivity contribution in [1.82, 2.24) is 9.78 Å². The largest absolute Gasteiger partial charge is 0.289 e. The van der Waals surface area contributed by atoms with E-state index < -0.39 is 0 Å². The number of carbonyl (C=O) groups is 1. The Bertz CT molecular complexity index is 303. The van der Waals surface area contributed by atoms with Crippen molar-refractivity contribution in [1.29, 1.82) is 0 Å². The molecule has 1 aromatic rings. The number of nitrogens with zero attached hydrogens (tertiary/aromatic N) is 2. The lowest BCUT2D eigenvalue weighted by Crippen LogP contribution is -1.91. The van der Waals surface area contributed by atoms with Crippen molar-refractivity contribution in [3.8, 4) is 11.8 Å². The van der Waals surface area contributed by atoms with Gasteiger partial charge in [0.05, 0.1) is 11.8 Å². The zero-order valence-corrected chi connectivity index (χ0v) is 6.24. The summed E-state index contributed by atoms with van der Waals surface area (Å²) in [6.45, 7) is 2.81. The lowest BCUT2D eigenvalue weighted by molar-refractivity contribution is -0.103. The van der Waals surface area contributed by atoms with Crippen molar-refractivity contribution >= 4 is 6.29 Å². The Hall–Kier alpha value is -1.56. The summed E-state index contributed by atoms with van der Waals surface area (Å²) in [5, 5.41) is 3.99. The van der Waals surface area contributed by atoms with Crippen LogP contribution in [-0.2, 0) is 11.3 Å². The molecule has 0 spiro atoms. The highest BCUT2D eigenvalue weighted by Gasteiger charge is 1.90. The summed E-state index contributed by atoms with van der Waals surface area (Å²) in [6.07, 6.45) is 4.01. The molecule has 11 heavy (non-hydrogen) atoms. The van der Waals surface area contributed by atoms with Gasteiger partial charge in [-0.2, -0.15) is 5.10 Å². The molecule has 0 aliphatic carbocycles. The van der Waals surface area contributed by atoms with Crippen LogP contribution in [0.1, 0.15) is 12.5 Å². The molecule has 1 rings (SSSR count). The molecular formula is C8H8N2O. The normalized spacial score (nSPS) is 8.45. The highest BCUT2D eigenvalue weighted by Crippen LogP contribution is 1.93. The Kier molecular flexibility index (Phi) is 2.45. The van der Waals surface area contributed by atoms with Crippen LogP contribution < -0.4 is 0 Å². The number of aryl methyl sites for hydroxylation is 1. The maximum Gasteiger partial charge on any atom is 0.193 e. The highest BCUT2D eigenvalue weighted by atomic mass is 16.1. The fourth-order valence-electron chi connectivity index (χ4n) is 0.714. The van der Waals surface area contributed by atoms with Crippen LogP contribution in [-0.4, -0.2) is 16.1 Å². The van der Waals surface area contributed by atoms with E-state index in [1.807, 2.05) is 6.92 Å². The first kappa shape index (κ1) is 7.55. The van der Waals surface area contributed by atoms with Crippen LogP contribution >= 0.6 is 0 Å². The maximum atomic E-state index is 9.85. The van der Waals surface area contributed by atoms with Gasteiger partial charge in [0.2, 0.25) is 0 Å². The van der Waals surface area contributed by atoms with Gasteiger partial charge in [-0.25, -0.2) is 0 Å². The Morgan fingerprint density at radius 3 is 3.18 bits per heavy atom. The van der Waals surface area contributed by atoms with E-state index in [1.54, 1.807) is 17.1 Å². The van der Waals surface area contributed by atoms with E-state index in [2.05, 4.69) is 16.9 Å². The zero-order valence-electron chi connectivity index (χ0n) is 6.24. The Labute approximate surface area is 65.0 Å². The van der Waals surface area contributed by atoms with Gasteiger partial charge in [-0.05, 0) is 12.8 Å². The number of aromatic nitrogens is 2. The van der Waals surface area contributed by atoms with Crippen molar-refractivity contribution < 1.29 is 4.79 Å². The summed E-state index contributed by atoms with van der Waals surface area (Å²) >= 11 is 0. The van der Waals surface area contributed by atoms with Crippen molar-refractivity contribution in [2.75, 3.05) is 0 Å². The minimum Gasteiger partial charge on any atom is -0.289 e. The van der Waals surface area contributed by atoms with Crippen LogP contribution in [0.5, 0.6) is 0 Å². The first-order valence-corrected chi connectivity index (χ1v) is 3.34. The lowest BCUT2D eigenvalue weighted by atomic mass is 10.4. The van der Waals surface area contributed by atoms with Gasteiger partial charge >= 0.3 is 0 Å². The molecule has 0 radical (unpaired) electrons. The molecule has 3 heteroatoms. The minimum atomic E-state index is 0.573. The molecule has 0 unspecified atom stereocenters. The summed E-state index contributed by atoms with van der Waals surface area (Å²) in [6, 6.07) is 0. The summed E-state index contributed by atoms with van der Waals surface area (Å²) < 4.78 is 1.76. The van der Waals surface area contributed by atoms with E-state index in [-0.39, 0.29) is 0 Å². The smallest absolute Gasteiger partial charge is 0.193 e. The van der Waals surface area contributed by atoms with E-state index in [4.69, 9.17) is 0 Å². The first-order chi connectivity index (χ1) is 5.36. The molecule has 0 bridgehead atoms. The van der Waals surface area contributed by atoms with Gasteiger partial charge in [0.25, 0.3) is 0 Å². The predicted molar refractivity (Wildman–Crippen MR) is 40.8 cm³/mol. The van der Waals surface area contributed by atoms with E-state index in [0.29, 0.717) is 6.29 Å². The second-order valence-electron chi connectivity index (χ2n) is 1.97. The zero-order chi connectivity index (χ0) is 8.10. The summed E-state index contributed by atoms with van der Waals surface area (Å²) in [7, 11) is 0. The van der Waals surface area contributed by atoms with Gasteiger partial charge in [0, 0.05) is 12.7 Å². The predicted octanol–water partition coefficient (Wildman–Crippen LogP) is 0.453. The van der Waals surface area contributed by atoms with Crippen LogP contribution in [0.2, 0.25) is 0 Å². The average Bonchev–Trinajstić information content (AvgIpc) is 2.48. The van der Waals surface area contributed by atoms with Gasteiger partial charge < -0.3 is 0 Å². The van der Waals surface area contributed by atoms with Crippen LogP contribution in [0.3, 0.4) is 0 Å². The molecule has 56 valence electrons. The van der Waals surface area contributed by atoms with Gasteiger partial charge in [-0.15, -0.1) is 0 Å². The Morgan fingerprint density at radius 2 is 2.64 bits per heavy atom. The second kappa shape index (κ2) is 3.57. The quantitative estimate of drug-likeness (QED) is 0.428. The molecule has 0 aromatic carbocycles. The third-order valence-electron chi connectivity index (χ3n) is 1.23. The van der Waals surface area contributed by atoms with Crippen molar-refractivity contribution in [2.24, 2.45) is 0 Å². The van der Waals surface area contributed by atoms with Crippen LogP contribution in [0, 0.1) is 11.8 Å². The van der Waals surface area contributed by atoms with E-state index in [9.17, 15) is 4.79 Å². The third kappa shape index (κ3) is 1.94. The van der Waals surface area contributed by atoms with E-state index in [1.165, 1.54) is 0 Å². The van der Waals surface area contributed by atoms with Crippen molar-refractivity contribution in [3.63, 3.8) is 0 Å². The first-order valence-electron chi connectivity index (χ1n) is 3.34. The molecule has 0 saturated heterocycles. The molecule has 0 aliphatic heterocycles. The maximum absolute atomic E-state index is 9.85. The molecule has 3 nitrogen and oxygen atoms in total. The molecule has 0 fully saturated rings. The SMILES string of the molecule is CCn1cc(C#CC=O)cn1. The monoisotopic (exact) mass is 148 g/mol. The number of hydrogen-bond donors (Lipinski definition) is 0. The third-order valence-corrected chi connectivity index (χ3v) is 1.23. The number of rotatable bonds is 1. The van der Waals surface area contributed by atoms with Crippen molar-refractivity contribution in [2.45, 2.75) is 13.5 Å². The minimum absolute atomic E-state index is 0.573. The summed E-state index contributed by atoms with van der Waals surface area (Å²) in [4.78, 5) is 9.85. The van der Waals surface area contributed by atoms with Gasteiger partial charge in [-0.3, -0.25) is 9.48 Å². The summed E-state index contributed by atoms with van der Waals surface area (Å²) in [5.41, 5.74) is 0.777. The lowest BCUT2D eigenvalue weighted by Gasteiger charge is -1.88. The van der Waals surface area contributed by atoms with Crippen LogP contribution in [0.25, 0.3) is 0 Å². The van der Waals surface area contributed by atoms with E-state index >= 15 is 0 Å². The molecule has 1 heterocycles. The van der Waals surface area contributed by atoms with Gasteiger partial charge in [0.15, 0.2) is 6.29 Å². The topological polar surface area (TPSA) is 34.9 Å². The molecule has 1 aromatic heterocycles.